The first kappa shape index (κ1) is 31.9. The van der Waals surface area contributed by atoms with Crippen molar-refractivity contribution < 1.29 is 18.3 Å². The van der Waals surface area contributed by atoms with Gasteiger partial charge in [0.1, 0.15) is 5.82 Å². The molecule has 7 rings (SSSR count). The molecule has 1 saturated carbocycles. The van der Waals surface area contributed by atoms with Crippen molar-refractivity contribution in [2.45, 2.75) is 77.3 Å². The molecule has 4 heterocycles. The lowest BCUT2D eigenvalue weighted by Gasteiger charge is -2.48. The normalized spacial score (nSPS) is 23.3. The molecule has 7 nitrogen and oxygen atoms in total. The quantitative estimate of drug-likeness (QED) is 0.171. The molecule has 0 unspecified atom stereocenters. The maximum atomic E-state index is 14.3. The SMILES string of the molecule is COC(=O)c1csc2c(-c3cc(Cl)ccc3C#CCn3c(C)nc4c(c3=O)C[C@](C)(N3CCC[C@@]5(C3)CC5(F)F)CC4)cc(C)nc12. The number of halogens is 3. The van der Waals surface area contributed by atoms with Crippen molar-refractivity contribution in [1.29, 1.82) is 0 Å². The van der Waals surface area contributed by atoms with Gasteiger partial charge in [-0.1, -0.05) is 23.4 Å². The molecule has 2 atom stereocenters. The molecule has 1 spiro atoms. The van der Waals surface area contributed by atoms with Crippen LogP contribution in [0.1, 0.15) is 71.3 Å². The van der Waals surface area contributed by atoms with E-state index in [0.29, 0.717) is 53.3 Å². The molecule has 2 fully saturated rings. The summed E-state index contributed by atoms with van der Waals surface area (Å²) < 4.78 is 36.0. The Morgan fingerprint density at radius 1 is 1.17 bits per heavy atom. The second kappa shape index (κ2) is 11.5. The van der Waals surface area contributed by atoms with E-state index in [1.165, 1.54) is 18.4 Å². The highest BCUT2D eigenvalue weighted by Gasteiger charge is 2.71. The highest BCUT2D eigenvalue weighted by Crippen LogP contribution is 2.65. The number of carbonyl (C=O) groups is 1. The molecule has 11 heteroatoms. The first-order valence-corrected chi connectivity index (χ1v) is 17.1. The lowest BCUT2D eigenvalue weighted by Crippen LogP contribution is -2.56. The molecular weight excluding hydrogens is 642 g/mol. The summed E-state index contributed by atoms with van der Waals surface area (Å²) in [6, 6.07) is 7.42. The predicted octanol–water partition coefficient (Wildman–Crippen LogP) is 7.00. The van der Waals surface area contributed by atoms with Crippen molar-refractivity contribution in [3.8, 4) is 23.0 Å². The third kappa shape index (κ3) is 5.46. The Labute approximate surface area is 280 Å². The molecule has 0 amide bonds. The van der Waals surface area contributed by atoms with Crippen LogP contribution in [0.2, 0.25) is 5.02 Å². The topological polar surface area (TPSA) is 77.3 Å². The van der Waals surface area contributed by atoms with Crippen LogP contribution in [0.4, 0.5) is 8.78 Å². The highest BCUT2D eigenvalue weighted by atomic mass is 35.5. The number of aryl methyl sites for hydroxylation is 3. The van der Waals surface area contributed by atoms with Gasteiger partial charge in [-0.2, -0.15) is 0 Å². The van der Waals surface area contributed by atoms with E-state index in [1.807, 2.05) is 32.0 Å². The van der Waals surface area contributed by atoms with Crippen molar-refractivity contribution in [1.82, 2.24) is 19.4 Å². The van der Waals surface area contributed by atoms with Gasteiger partial charge in [-0.15, -0.1) is 11.3 Å². The summed E-state index contributed by atoms with van der Waals surface area (Å²) in [5.41, 5.74) is 4.14. The molecule has 0 N–H and O–H groups in total. The van der Waals surface area contributed by atoms with Gasteiger partial charge in [0.2, 0.25) is 0 Å². The molecule has 0 bridgehead atoms. The first-order valence-electron chi connectivity index (χ1n) is 15.8. The Kier molecular flexibility index (Phi) is 7.81. The van der Waals surface area contributed by atoms with Crippen LogP contribution in [-0.4, -0.2) is 57.1 Å². The fourth-order valence-corrected chi connectivity index (χ4v) is 8.70. The average molecular weight is 677 g/mol. The average Bonchev–Trinajstić information content (AvgIpc) is 3.32. The van der Waals surface area contributed by atoms with Gasteiger partial charge >= 0.3 is 5.97 Å². The number of ether oxygens (including phenoxy) is 1. The number of likely N-dealkylation sites (tertiary alicyclic amines) is 1. The van der Waals surface area contributed by atoms with E-state index in [1.54, 1.807) is 16.0 Å². The van der Waals surface area contributed by atoms with Crippen LogP contribution in [0.3, 0.4) is 0 Å². The summed E-state index contributed by atoms with van der Waals surface area (Å²) in [6.45, 7) is 7.09. The molecule has 244 valence electrons. The number of alkyl halides is 2. The Balaban J connectivity index is 1.19. The van der Waals surface area contributed by atoms with Gasteiger partial charge in [0.05, 0.1) is 40.5 Å². The monoisotopic (exact) mass is 676 g/mol. The number of esters is 1. The first-order chi connectivity index (χ1) is 22.3. The zero-order chi connectivity index (χ0) is 33.3. The van der Waals surface area contributed by atoms with E-state index in [2.05, 4.69) is 28.6 Å². The lowest BCUT2D eigenvalue weighted by molar-refractivity contribution is -0.0161. The summed E-state index contributed by atoms with van der Waals surface area (Å²) >= 11 is 7.86. The fourth-order valence-electron chi connectivity index (χ4n) is 7.52. The number of nitrogens with zero attached hydrogens (tertiary/aromatic N) is 4. The van der Waals surface area contributed by atoms with Crippen LogP contribution in [0.15, 0.2) is 34.4 Å². The van der Waals surface area contributed by atoms with E-state index in [0.717, 1.165) is 52.2 Å². The third-order valence-electron chi connectivity index (χ3n) is 10.3. The number of carbonyl (C=O) groups excluding carboxylic acids is 1. The molecule has 0 radical (unpaired) electrons. The minimum Gasteiger partial charge on any atom is -0.465 e. The van der Waals surface area contributed by atoms with Gasteiger partial charge in [-0.05, 0) is 83.7 Å². The molecular formula is C36H35ClF2N4O3S. The number of hydrogen-bond acceptors (Lipinski definition) is 7. The molecule has 2 aliphatic carbocycles. The van der Waals surface area contributed by atoms with Crippen molar-refractivity contribution in [3.05, 3.63) is 78.9 Å². The third-order valence-corrected chi connectivity index (χ3v) is 11.6. The van der Waals surface area contributed by atoms with Crippen LogP contribution >= 0.6 is 22.9 Å². The number of piperidine rings is 1. The van der Waals surface area contributed by atoms with Crippen LogP contribution in [0, 0.1) is 31.1 Å². The summed E-state index contributed by atoms with van der Waals surface area (Å²) in [5.74, 6) is 4.01. The zero-order valence-electron chi connectivity index (χ0n) is 26.8. The number of fused-ring (bicyclic) bond motifs is 2. The van der Waals surface area contributed by atoms with Gasteiger partial charge in [0.15, 0.2) is 0 Å². The molecule has 3 aromatic heterocycles. The minimum atomic E-state index is -2.58. The summed E-state index contributed by atoms with van der Waals surface area (Å²) in [5, 5.41) is 2.29. The molecule has 3 aliphatic rings. The summed E-state index contributed by atoms with van der Waals surface area (Å²) in [7, 11) is 1.35. The maximum Gasteiger partial charge on any atom is 0.340 e. The van der Waals surface area contributed by atoms with E-state index in [4.69, 9.17) is 21.3 Å². The van der Waals surface area contributed by atoms with E-state index >= 15 is 0 Å². The predicted molar refractivity (Wildman–Crippen MR) is 179 cm³/mol. The number of pyridine rings is 1. The smallest absolute Gasteiger partial charge is 0.340 e. The standard InChI is InChI=1S/C36H35ClF2N4O3S/c1-21-15-26(31-30(40-21)28(18-47-31)33(45)46-4)25-16-24(37)9-8-23(25)7-5-14-43-22(2)41-29-10-12-34(3,17-27(29)32(43)44)42-13-6-11-35(20-42)19-36(35,38)39/h8-9,15-16,18H,6,10-14,17,19-20H2,1-4H3/t34-,35+/m1/s1. The highest BCUT2D eigenvalue weighted by molar-refractivity contribution is 7.18. The second-order valence-electron chi connectivity index (χ2n) is 13.5. The lowest BCUT2D eigenvalue weighted by atomic mass is 9.78. The van der Waals surface area contributed by atoms with Gasteiger partial charge in [-0.3, -0.25) is 19.2 Å². The van der Waals surface area contributed by atoms with Crippen molar-refractivity contribution in [2.75, 3.05) is 20.2 Å². The van der Waals surface area contributed by atoms with Gasteiger partial charge in [-0.25, -0.2) is 18.6 Å². The number of aromatic nitrogens is 3. The van der Waals surface area contributed by atoms with Gasteiger partial charge in [0, 0.05) is 56.9 Å². The van der Waals surface area contributed by atoms with Crippen LogP contribution in [0.25, 0.3) is 21.3 Å². The van der Waals surface area contributed by atoms with Crippen LogP contribution in [0.5, 0.6) is 0 Å². The van der Waals surface area contributed by atoms with E-state index in [-0.39, 0.29) is 24.1 Å². The van der Waals surface area contributed by atoms with Gasteiger partial charge < -0.3 is 4.74 Å². The summed E-state index contributed by atoms with van der Waals surface area (Å²) in [4.78, 5) is 38.0. The number of thiophene rings is 1. The number of benzene rings is 1. The molecule has 47 heavy (non-hydrogen) atoms. The Bertz CT molecular complexity index is 2080. The van der Waals surface area contributed by atoms with E-state index in [9.17, 15) is 18.4 Å². The summed E-state index contributed by atoms with van der Waals surface area (Å²) in [6.07, 6.45) is 3.19. The largest absolute Gasteiger partial charge is 0.465 e. The molecule has 1 aromatic carbocycles. The second-order valence-corrected chi connectivity index (χ2v) is 14.8. The number of methoxy groups -OCH3 is 1. The number of rotatable bonds is 4. The van der Waals surface area contributed by atoms with Gasteiger partial charge in [0.25, 0.3) is 11.5 Å². The van der Waals surface area contributed by atoms with Crippen molar-refractivity contribution >= 4 is 39.1 Å². The number of hydrogen-bond donors (Lipinski definition) is 0. The molecule has 4 aromatic rings. The fraction of sp³-hybridized carbons (Fsp3) is 0.444. The Morgan fingerprint density at radius 3 is 2.70 bits per heavy atom. The van der Waals surface area contributed by atoms with E-state index < -0.39 is 17.3 Å². The van der Waals surface area contributed by atoms with Crippen molar-refractivity contribution in [2.24, 2.45) is 5.41 Å². The van der Waals surface area contributed by atoms with Crippen LogP contribution < -0.4 is 5.56 Å². The maximum absolute atomic E-state index is 14.3. The minimum absolute atomic E-state index is 0.0295. The Hall–Kier alpha value is -3.65. The Morgan fingerprint density at radius 2 is 1.96 bits per heavy atom. The van der Waals surface area contributed by atoms with Crippen LogP contribution in [-0.2, 0) is 24.1 Å². The molecule has 1 aliphatic heterocycles. The zero-order valence-corrected chi connectivity index (χ0v) is 28.4. The van der Waals surface area contributed by atoms with Crippen molar-refractivity contribution in [3.63, 3.8) is 0 Å². The molecule has 1 saturated heterocycles.